The lowest BCUT2D eigenvalue weighted by molar-refractivity contribution is -0.115. The molecule has 1 heterocycles. The first-order valence-corrected chi connectivity index (χ1v) is 10.3. The van der Waals surface area contributed by atoms with E-state index in [9.17, 15) is 17.6 Å². The van der Waals surface area contributed by atoms with E-state index in [-0.39, 0.29) is 28.8 Å². The van der Waals surface area contributed by atoms with Crippen LogP contribution < -0.4 is 5.32 Å². The molecular formula is C19H17ClFN3O3S. The second kappa shape index (κ2) is 8.12. The molecule has 0 aliphatic rings. The predicted octanol–water partition coefficient (Wildman–Crippen LogP) is 3.68. The molecule has 0 radical (unpaired) electrons. The van der Waals surface area contributed by atoms with Gasteiger partial charge < -0.3 is 4.57 Å². The third-order valence-corrected chi connectivity index (χ3v) is 6.13. The Kier molecular flexibility index (Phi) is 5.81. The zero-order valence-corrected chi connectivity index (χ0v) is 16.5. The van der Waals surface area contributed by atoms with E-state index in [1.807, 2.05) is 0 Å². The summed E-state index contributed by atoms with van der Waals surface area (Å²) in [5.74, 6) is -0.887. The van der Waals surface area contributed by atoms with Gasteiger partial charge in [0.15, 0.2) is 9.84 Å². The van der Waals surface area contributed by atoms with Crippen molar-refractivity contribution < 1.29 is 17.6 Å². The molecule has 3 aromatic rings. The lowest BCUT2D eigenvalue weighted by Gasteiger charge is -2.08. The van der Waals surface area contributed by atoms with Crippen LogP contribution in [0.1, 0.15) is 6.42 Å². The van der Waals surface area contributed by atoms with Crippen molar-refractivity contribution in [3.05, 3.63) is 65.6 Å². The molecule has 0 fully saturated rings. The van der Waals surface area contributed by atoms with Crippen LogP contribution in [0.2, 0.25) is 5.02 Å². The molecule has 2 aromatic carbocycles. The second-order valence-electron chi connectivity index (χ2n) is 6.10. The predicted molar refractivity (Wildman–Crippen MR) is 105 cm³/mol. The number of amides is 1. The van der Waals surface area contributed by atoms with Gasteiger partial charge >= 0.3 is 0 Å². The van der Waals surface area contributed by atoms with E-state index in [2.05, 4.69) is 10.3 Å². The van der Waals surface area contributed by atoms with E-state index in [0.717, 1.165) is 5.56 Å². The van der Waals surface area contributed by atoms with Crippen LogP contribution in [0.5, 0.6) is 0 Å². The van der Waals surface area contributed by atoms with E-state index in [1.54, 1.807) is 29.9 Å². The Balaban J connectivity index is 1.65. The summed E-state index contributed by atoms with van der Waals surface area (Å²) in [6.45, 7) is 0. The molecular weight excluding hydrogens is 405 g/mol. The Morgan fingerprint density at radius 2 is 1.79 bits per heavy atom. The van der Waals surface area contributed by atoms with Gasteiger partial charge in [-0.3, -0.25) is 10.1 Å². The van der Waals surface area contributed by atoms with Crippen molar-refractivity contribution in [2.75, 3.05) is 11.1 Å². The summed E-state index contributed by atoms with van der Waals surface area (Å²) in [7, 11) is -1.90. The first-order valence-electron chi connectivity index (χ1n) is 8.32. The highest BCUT2D eigenvalue weighted by Crippen LogP contribution is 2.22. The molecule has 0 saturated carbocycles. The lowest BCUT2D eigenvalue weighted by atomic mass is 10.2. The molecule has 0 atom stereocenters. The number of halogens is 2. The number of anilines is 1. The quantitative estimate of drug-likeness (QED) is 0.658. The maximum absolute atomic E-state index is 13.1. The number of rotatable bonds is 6. The topological polar surface area (TPSA) is 81.1 Å². The zero-order chi connectivity index (χ0) is 20.3. The summed E-state index contributed by atoms with van der Waals surface area (Å²) in [5, 5.41) is 3.03. The summed E-state index contributed by atoms with van der Waals surface area (Å²) in [5.41, 5.74) is 1.42. The summed E-state index contributed by atoms with van der Waals surface area (Å²) < 4.78 is 39.3. The normalized spacial score (nSPS) is 11.4. The fourth-order valence-electron chi connectivity index (χ4n) is 2.59. The fraction of sp³-hybridized carbons (Fsp3) is 0.158. The number of sulfone groups is 1. The molecule has 1 amide bonds. The van der Waals surface area contributed by atoms with Gasteiger partial charge in [0.05, 0.1) is 22.5 Å². The molecule has 0 aliphatic carbocycles. The molecule has 3 rings (SSSR count). The summed E-state index contributed by atoms with van der Waals surface area (Å²) in [6, 6.07) is 11.7. The van der Waals surface area contributed by atoms with E-state index in [0.29, 0.717) is 10.7 Å². The van der Waals surface area contributed by atoms with E-state index in [1.165, 1.54) is 36.4 Å². The molecule has 0 spiro atoms. The molecule has 28 heavy (non-hydrogen) atoms. The van der Waals surface area contributed by atoms with Crippen molar-refractivity contribution >= 4 is 33.3 Å². The van der Waals surface area contributed by atoms with E-state index >= 15 is 0 Å². The highest BCUT2D eigenvalue weighted by atomic mass is 35.5. The van der Waals surface area contributed by atoms with Crippen molar-refractivity contribution in [2.45, 2.75) is 11.3 Å². The standard InChI is InChI=1S/C19H17ClFN3O3S/c1-24-17(13-2-6-15(21)7-3-13)12-22-19(24)23-18(25)10-11-28(26,27)16-8-4-14(20)5-9-16/h2-9,12H,10-11H2,1H3,(H,22,23,25). The second-order valence-corrected chi connectivity index (χ2v) is 8.65. The number of hydrogen-bond acceptors (Lipinski definition) is 4. The van der Waals surface area contributed by atoms with Gasteiger partial charge in [0.1, 0.15) is 5.82 Å². The van der Waals surface area contributed by atoms with Gasteiger partial charge in [-0.1, -0.05) is 11.6 Å². The monoisotopic (exact) mass is 421 g/mol. The Bertz CT molecular complexity index is 1090. The Hall–Kier alpha value is -2.71. The van der Waals surface area contributed by atoms with Crippen molar-refractivity contribution in [3.8, 4) is 11.3 Å². The van der Waals surface area contributed by atoms with Crippen LogP contribution in [-0.2, 0) is 21.7 Å². The van der Waals surface area contributed by atoms with Gasteiger partial charge in [-0.05, 0) is 48.5 Å². The van der Waals surface area contributed by atoms with Crippen LogP contribution in [0, 0.1) is 5.82 Å². The number of hydrogen-bond donors (Lipinski definition) is 1. The average molecular weight is 422 g/mol. The van der Waals surface area contributed by atoms with Gasteiger partial charge in [0, 0.05) is 24.1 Å². The summed E-state index contributed by atoms with van der Waals surface area (Å²) in [6.07, 6.45) is 1.33. The summed E-state index contributed by atoms with van der Waals surface area (Å²) in [4.78, 5) is 16.4. The van der Waals surface area contributed by atoms with Gasteiger partial charge in [0.2, 0.25) is 11.9 Å². The van der Waals surface area contributed by atoms with Crippen molar-refractivity contribution in [3.63, 3.8) is 0 Å². The molecule has 146 valence electrons. The number of carbonyl (C=O) groups is 1. The van der Waals surface area contributed by atoms with Gasteiger partial charge in [-0.15, -0.1) is 0 Å². The minimum Gasteiger partial charge on any atom is -0.313 e. The third-order valence-electron chi connectivity index (χ3n) is 4.15. The Morgan fingerprint density at radius 1 is 1.14 bits per heavy atom. The molecule has 0 aliphatic heterocycles. The number of aromatic nitrogens is 2. The minimum atomic E-state index is -3.60. The first-order chi connectivity index (χ1) is 13.3. The maximum Gasteiger partial charge on any atom is 0.227 e. The average Bonchev–Trinajstić information content (AvgIpc) is 3.02. The SMILES string of the molecule is Cn1c(-c2ccc(F)cc2)cnc1NC(=O)CCS(=O)(=O)c1ccc(Cl)cc1. The lowest BCUT2D eigenvalue weighted by Crippen LogP contribution is -2.19. The van der Waals surface area contributed by atoms with Crippen molar-refractivity contribution in [1.82, 2.24) is 9.55 Å². The van der Waals surface area contributed by atoms with Crippen LogP contribution in [0.3, 0.4) is 0 Å². The molecule has 0 unspecified atom stereocenters. The van der Waals surface area contributed by atoms with Gasteiger partial charge in [-0.25, -0.2) is 17.8 Å². The largest absolute Gasteiger partial charge is 0.313 e. The molecule has 6 nitrogen and oxygen atoms in total. The van der Waals surface area contributed by atoms with Crippen LogP contribution in [0.15, 0.2) is 59.6 Å². The van der Waals surface area contributed by atoms with Crippen LogP contribution in [0.4, 0.5) is 10.3 Å². The highest BCUT2D eigenvalue weighted by molar-refractivity contribution is 7.91. The number of benzene rings is 2. The number of nitrogens with one attached hydrogen (secondary N) is 1. The molecule has 0 saturated heterocycles. The molecule has 1 aromatic heterocycles. The highest BCUT2D eigenvalue weighted by Gasteiger charge is 2.18. The van der Waals surface area contributed by atoms with E-state index < -0.39 is 15.7 Å². The van der Waals surface area contributed by atoms with Crippen LogP contribution >= 0.6 is 11.6 Å². The Morgan fingerprint density at radius 3 is 2.43 bits per heavy atom. The van der Waals surface area contributed by atoms with Gasteiger partial charge in [-0.2, -0.15) is 0 Å². The smallest absolute Gasteiger partial charge is 0.227 e. The third kappa shape index (κ3) is 4.58. The maximum atomic E-state index is 13.1. The van der Waals surface area contributed by atoms with Crippen LogP contribution in [-0.4, -0.2) is 29.6 Å². The van der Waals surface area contributed by atoms with Crippen molar-refractivity contribution in [1.29, 1.82) is 0 Å². The van der Waals surface area contributed by atoms with Crippen LogP contribution in [0.25, 0.3) is 11.3 Å². The zero-order valence-electron chi connectivity index (χ0n) is 14.9. The molecule has 0 bridgehead atoms. The van der Waals surface area contributed by atoms with Crippen molar-refractivity contribution in [2.24, 2.45) is 7.05 Å². The first kappa shape index (κ1) is 20.0. The fourth-order valence-corrected chi connectivity index (χ4v) is 3.96. The van der Waals surface area contributed by atoms with Gasteiger partial charge in [0.25, 0.3) is 0 Å². The number of imidazole rings is 1. The molecule has 1 N–H and O–H groups in total. The Labute approximate surface area is 166 Å². The number of carbonyl (C=O) groups excluding carboxylic acids is 1. The number of nitrogens with zero attached hydrogens (tertiary/aromatic N) is 2. The molecule has 9 heteroatoms. The van der Waals surface area contributed by atoms with E-state index in [4.69, 9.17) is 11.6 Å². The summed E-state index contributed by atoms with van der Waals surface area (Å²) >= 11 is 5.76. The minimum absolute atomic E-state index is 0.111.